The number of benzene rings is 1. The summed E-state index contributed by atoms with van der Waals surface area (Å²) < 4.78 is 44.8. The van der Waals surface area contributed by atoms with Gasteiger partial charge in [0.25, 0.3) is 0 Å². The monoisotopic (exact) mass is 320 g/mol. The highest BCUT2D eigenvalue weighted by Crippen LogP contribution is 2.30. The second-order valence-electron chi connectivity index (χ2n) is 5.37. The van der Waals surface area contributed by atoms with Crippen LogP contribution in [0.2, 0.25) is 0 Å². The molecule has 2 heterocycles. The fraction of sp³-hybridized carbons (Fsp3) is 0.500. The van der Waals surface area contributed by atoms with E-state index in [2.05, 4.69) is 10.2 Å². The molecule has 0 saturated carbocycles. The van der Waals surface area contributed by atoms with E-state index in [0.29, 0.717) is 0 Å². The van der Waals surface area contributed by atoms with Gasteiger partial charge in [0.1, 0.15) is 5.82 Å². The maximum atomic E-state index is 13.1. The molecule has 2 aliphatic heterocycles. The average Bonchev–Trinajstić information content (AvgIpc) is 2.98. The third-order valence-corrected chi connectivity index (χ3v) is 3.81. The molecule has 2 saturated heterocycles. The number of carbonyl (C=O) groups is 1. The summed E-state index contributed by atoms with van der Waals surface area (Å²) in [5.74, 6) is -1.38. The molecule has 0 bridgehead atoms. The molecule has 3 rings (SSSR count). The summed E-state index contributed by atoms with van der Waals surface area (Å²) >= 11 is 0. The zero-order valence-electron chi connectivity index (χ0n) is 11.6. The van der Waals surface area contributed by atoms with Gasteiger partial charge < -0.3 is 15.3 Å². The summed E-state index contributed by atoms with van der Waals surface area (Å²) in [6.45, 7) is 4.38. The van der Waals surface area contributed by atoms with Gasteiger partial charge in [-0.3, -0.25) is 0 Å². The molecule has 0 aliphatic carbocycles. The molecule has 2 N–H and O–H groups in total. The molecule has 2 aliphatic rings. The number of carboxylic acids is 1. The Kier molecular flexibility index (Phi) is 4.90. The lowest BCUT2D eigenvalue weighted by Crippen LogP contribution is -2.25. The van der Waals surface area contributed by atoms with E-state index >= 15 is 0 Å². The number of alkyl halides is 3. The summed E-state index contributed by atoms with van der Waals surface area (Å²) in [5.41, 5.74) is 1.03. The van der Waals surface area contributed by atoms with Gasteiger partial charge in [0.05, 0.1) is 0 Å². The number of aliphatic carboxylic acids is 1. The number of rotatable bonds is 1. The van der Waals surface area contributed by atoms with Crippen molar-refractivity contribution < 1.29 is 27.5 Å². The lowest BCUT2D eigenvalue weighted by Gasteiger charge is -2.19. The van der Waals surface area contributed by atoms with E-state index in [0.717, 1.165) is 43.7 Å². The lowest BCUT2D eigenvalue weighted by molar-refractivity contribution is -0.192. The normalized spacial score (nSPS) is 23.7. The molecule has 22 heavy (non-hydrogen) atoms. The van der Waals surface area contributed by atoms with Gasteiger partial charge in [0.2, 0.25) is 0 Å². The number of nitrogens with one attached hydrogen (secondary N) is 1. The maximum absolute atomic E-state index is 13.1. The van der Waals surface area contributed by atoms with Crippen LogP contribution >= 0.6 is 0 Å². The Morgan fingerprint density at radius 1 is 1.23 bits per heavy atom. The highest BCUT2D eigenvalue weighted by Gasteiger charge is 2.38. The van der Waals surface area contributed by atoms with Crippen LogP contribution in [0.15, 0.2) is 24.3 Å². The molecule has 0 radical (unpaired) electrons. The third-order valence-electron chi connectivity index (χ3n) is 3.81. The van der Waals surface area contributed by atoms with Crippen LogP contribution in [-0.2, 0) is 4.79 Å². The van der Waals surface area contributed by atoms with E-state index in [9.17, 15) is 17.6 Å². The summed E-state index contributed by atoms with van der Waals surface area (Å²) in [6, 6.07) is 6.92. The predicted octanol–water partition coefficient (Wildman–Crippen LogP) is 2.11. The smallest absolute Gasteiger partial charge is 0.475 e. The predicted molar refractivity (Wildman–Crippen MR) is 72.2 cm³/mol. The van der Waals surface area contributed by atoms with Gasteiger partial charge in [-0.2, -0.15) is 13.2 Å². The van der Waals surface area contributed by atoms with Gasteiger partial charge in [-0.1, -0.05) is 6.07 Å². The first kappa shape index (κ1) is 16.5. The Labute approximate surface area is 124 Å². The standard InChI is InChI=1S/C12H15FN2.C2HF3O2/c13-11-2-1-3-12(4-11)15-7-9-5-14-6-10(9)8-15;3-2(4,5)1(6)7/h1-4,9-10,14H,5-8H2;(H,6,7)/t9-,10+;. The topological polar surface area (TPSA) is 52.6 Å². The minimum absolute atomic E-state index is 0.136. The molecule has 0 aromatic heterocycles. The van der Waals surface area contributed by atoms with Crippen molar-refractivity contribution in [3.05, 3.63) is 30.1 Å². The van der Waals surface area contributed by atoms with Crippen LogP contribution in [0, 0.1) is 17.7 Å². The minimum Gasteiger partial charge on any atom is -0.475 e. The summed E-state index contributed by atoms with van der Waals surface area (Å²) in [5, 5.41) is 10.5. The van der Waals surface area contributed by atoms with Crippen molar-refractivity contribution in [1.29, 1.82) is 0 Å². The number of hydrogen-bond donors (Lipinski definition) is 2. The van der Waals surface area contributed by atoms with Gasteiger partial charge in [0, 0.05) is 31.9 Å². The Bertz CT molecular complexity index is 524. The molecular weight excluding hydrogens is 304 g/mol. The van der Waals surface area contributed by atoms with Gasteiger partial charge in [0.15, 0.2) is 0 Å². The van der Waals surface area contributed by atoms with Gasteiger partial charge in [-0.15, -0.1) is 0 Å². The van der Waals surface area contributed by atoms with Crippen molar-refractivity contribution in [2.75, 3.05) is 31.1 Å². The van der Waals surface area contributed by atoms with Crippen molar-refractivity contribution in [2.45, 2.75) is 6.18 Å². The fourth-order valence-corrected chi connectivity index (χ4v) is 2.74. The fourth-order valence-electron chi connectivity index (χ4n) is 2.74. The molecule has 0 spiro atoms. The number of anilines is 1. The van der Waals surface area contributed by atoms with Crippen LogP contribution in [-0.4, -0.2) is 43.4 Å². The van der Waals surface area contributed by atoms with Crippen molar-refractivity contribution in [3.63, 3.8) is 0 Å². The van der Waals surface area contributed by atoms with E-state index in [1.165, 1.54) is 6.07 Å². The van der Waals surface area contributed by atoms with Gasteiger partial charge >= 0.3 is 12.1 Å². The lowest BCUT2D eigenvalue weighted by atomic mass is 10.0. The number of halogens is 4. The quantitative estimate of drug-likeness (QED) is 0.778. The van der Waals surface area contributed by atoms with Crippen LogP contribution in [0.4, 0.5) is 23.2 Å². The number of nitrogens with zero attached hydrogens (tertiary/aromatic N) is 1. The van der Waals surface area contributed by atoms with E-state index in [-0.39, 0.29) is 5.82 Å². The van der Waals surface area contributed by atoms with Crippen LogP contribution < -0.4 is 10.2 Å². The molecule has 1 aromatic carbocycles. The van der Waals surface area contributed by atoms with Gasteiger partial charge in [-0.05, 0) is 30.0 Å². The van der Waals surface area contributed by atoms with E-state index in [1.54, 1.807) is 12.1 Å². The van der Waals surface area contributed by atoms with Gasteiger partial charge in [-0.25, -0.2) is 9.18 Å². The number of carboxylic acid groups (broad SMARTS) is 1. The summed E-state index contributed by atoms with van der Waals surface area (Å²) in [4.78, 5) is 11.2. The first-order valence-corrected chi connectivity index (χ1v) is 6.78. The SMILES string of the molecule is Fc1cccc(N2C[C@H]3CNC[C@H]3C2)c1.O=C(O)C(F)(F)F. The second-order valence-corrected chi connectivity index (χ2v) is 5.37. The van der Waals surface area contributed by atoms with E-state index < -0.39 is 12.1 Å². The highest BCUT2D eigenvalue weighted by atomic mass is 19.4. The van der Waals surface area contributed by atoms with Crippen LogP contribution in [0.1, 0.15) is 0 Å². The Hall–Kier alpha value is -1.83. The molecule has 1 aromatic rings. The van der Waals surface area contributed by atoms with Crippen LogP contribution in [0.3, 0.4) is 0 Å². The van der Waals surface area contributed by atoms with Crippen molar-refractivity contribution in [3.8, 4) is 0 Å². The zero-order chi connectivity index (χ0) is 16.3. The molecule has 2 atom stereocenters. The molecule has 2 fully saturated rings. The molecule has 0 unspecified atom stereocenters. The van der Waals surface area contributed by atoms with Crippen LogP contribution in [0.5, 0.6) is 0 Å². The Morgan fingerprint density at radius 2 is 1.77 bits per heavy atom. The molecular formula is C14H16F4N2O2. The second kappa shape index (κ2) is 6.51. The van der Waals surface area contributed by atoms with Crippen molar-refractivity contribution >= 4 is 11.7 Å². The number of hydrogen-bond acceptors (Lipinski definition) is 3. The summed E-state index contributed by atoms with van der Waals surface area (Å²) in [6.07, 6.45) is -5.08. The largest absolute Gasteiger partial charge is 0.490 e. The first-order valence-electron chi connectivity index (χ1n) is 6.78. The molecule has 8 heteroatoms. The Morgan fingerprint density at radius 3 is 2.23 bits per heavy atom. The summed E-state index contributed by atoms with van der Waals surface area (Å²) in [7, 11) is 0. The minimum atomic E-state index is -5.08. The molecule has 0 amide bonds. The average molecular weight is 320 g/mol. The highest BCUT2D eigenvalue weighted by molar-refractivity contribution is 5.73. The zero-order valence-corrected chi connectivity index (χ0v) is 11.6. The van der Waals surface area contributed by atoms with E-state index in [4.69, 9.17) is 9.90 Å². The van der Waals surface area contributed by atoms with E-state index in [1.807, 2.05) is 6.07 Å². The van der Waals surface area contributed by atoms with Crippen LogP contribution in [0.25, 0.3) is 0 Å². The van der Waals surface area contributed by atoms with Crippen molar-refractivity contribution in [1.82, 2.24) is 5.32 Å². The number of fused-ring (bicyclic) bond motifs is 1. The molecule has 4 nitrogen and oxygen atoms in total. The third kappa shape index (κ3) is 4.09. The van der Waals surface area contributed by atoms with Crippen molar-refractivity contribution in [2.24, 2.45) is 11.8 Å². The molecule has 122 valence electrons. The first-order chi connectivity index (χ1) is 10.3. The maximum Gasteiger partial charge on any atom is 0.490 e. The Balaban J connectivity index is 0.000000217.